The van der Waals surface area contributed by atoms with Crippen LogP contribution in [0.1, 0.15) is 140 Å². The Labute approximate surface area is 1050 Å². The Morgan fingerprint density at radius 1 is 0.461 bits per heavy atom. The quantitative estimate of drug-likeness (QED) is 0.155. The van der Waals surface area contributed by atoms with E-state index in [4.69, 9.17) is 4.74 Å². The molecule has 4 saturated carbocycles. The Balaban J connectivity index is -0.000000238. The van der Waals surface area contributed by atoms with Gasteiger partial charge in [-0.05, 0) is 133 Å². The second-order valence-electron chi connectivity index (χ2n) is 17.3. The van der Waals surface area contributed by atoms with Crippen LogP contribution in [-0.4, -0.2) is 683 Å². The first-order chi connectivity index (χ1) is 36.4. The minimum absolute atomic E-state index is 0. The van der Waals surface area contributed by atoms with Crippen molar-refractivity contribution in [1.29, 1.82) is 0 Å². The fraction of sp³-hybridized carbons (Fsp3) is 0.490. The predicted molar refractivity (Wildman–Crippen MR) is 336 cm³/mol. The zero-order chi connectivity index (χ0) is 57.3. The van der Waals surface area contributed by atoms with E-state index in [2.05, 4.69) is 62.7 Å². The molecular weight excluding hydrogens is 2540 g/mol. The summed E-state index contributed by atoms with van der Waals surface area (Å²) in [6.45, 7) is 4.74. The van der Waals surface area contributed by atoms with Gasteiger partial charge >= 0.3 is 799 Å². The summed E-state index contributed by atoms with van der Waals surface area (Å²) in [5.41, 5.74) is 6.35. The second-order valence-corrected chi connectivity index (χ2v) is 17.3. The van der Waals surface area contributed by atoms with Crippen LogP contribution < -0.4 is 121 Å². The predicted octanol–water partition coefficient (Wildman–Crippen LogP) is 0.732. The molecule has 0 N–H and O–H groups in total. The van der Waals surface area contributed by atoms with Gasteiger partial charge in [0.1, 0.15) is 11.6 Å². The summed E-state index contributed by atoms with van der Waals surface area (Å²) in [5, 5.41) is 0. The van der Waals surface area contributed by atoms with Gasteiger partial charge in [0.2, 0.25) is 0 Å². The number of ether oxygens (including phenoxy) is 1. The summed E-state index contributed by atoms with van der Waals surface area (Å²) in [7, 11) is 0. The summed E-state index contributed by atoms with van der Waals surface area (Å²) in [4.78, 5) is 12.7. The van der Waals surface area contributed by atoms with Crippen molar-refractivity contribution < 1.29 is 130 Å². The second kappa shape index (κ2) is 96.5. The molecule has 0 spiro atoms. The van der Waals surface area contributed by atoms with E-state index in [1.165, 1.54) is 101 Å². The number of hydrogen-bond acceptors (Lipinski definition) is 2. The Morgan fingerprint density at radius 2 is 0.829 bits per heavy atom. The molecule has 2 nitrogen and oxygen atoms in total. The molecule has 76 heavy (non-hydrogen) atoms. The molecule has 0 aromatic heterocycles. The maximum absolute atomic E-state index is 14.6. The van der Waals surface area contributed by atoms with Crippen molar-refractivity contribution >= 4 is 683 Å². The number of esters is 1. The maximum atomic E-state index is 14.6. The summed E-state index contributed by atoms with van der Waals surface area (Å²) in [6.07, 6.45) is 22.7. The van der Waals surface area contributed by atoms with Crippen LogP contribution in [0, 0.1) is 47.9 Å². The van der Waals surface area contributed by atoms with Crippen LogP contribution >= 0.6 is 0 Å². The summed E-state index contributed by atoms with van der Waals surface area (Å²) in [5.74, 6) is 5.56. The van der Waals surface area contributed by atoms with Gasteiger partial charge in [-0.2, -0.15) is 43.2 Å². The topological polar surface area (TPSA) is 26.3 Å². The Bertz CT molecular complexity index is 1800. The molecule has 4 aliphatic carbocycles. The van der Waals surface area contributed by atoms with E-state index in [9.17, 15) is 9.18 Å². The molecule has 4 fully saturated rings. The van der Waals surface area contributed by atoms with Gasteiger partial charge in [0, 0.05) is 0 Å². The summed E-state index contributed by atoms with van der Waals surface area (Å²) >= 11 is 23.2. The Hall–Kier alpha value is 36.0. The first-order valence-corrected chi connectivity index (χ1v) is 371. The van der Waals surface area contributed by atoms with Gasteiger partial charge in [0.15, 0.2) is 0 Å². The molecule has 0 aliphatic heterocycles. The van der Waals surface area contributed by atoms with Crippen LogP contribution in [-0.2, 0) is 4.79 Å². The molecule has 8 rings (SSSR count). The molecule has 306 valence electrons. The third-order valence-electron chi connectivity index (χ3n) is 13.6. The molecule has 0 bridgehead atoms. The molecule has 0 saturated heterocycles. The number of carbonyl (C=O) groups is 1. The van der Waals surface area contributed by atoms with Crippen molar-refractivity contribution in [3.63, 3.8) is 0 Å². The van der Waals surface area contributed by atoms with Crippen molar-refractivity contribution in [2.45, 2.75) is 128 Å². The van der Waals surface area contributed by atoms with Gasteiger partial charge in [-0.3, -0.25) is 4.79 Å². The molecule has 0 atom stereocenters. The third-order valence-corrected chi connectivity index (χ3v) is 13.6. The van der Waals surface area contributed by atoms with E-state index in [0.717, 1.165) is 736 Å². The number of hydrogen-bond donors (Lipinski definition) is 0. The Kier molecular flexibility index (Phi) is 156. The molecule has 0 heterocycles. The van der Waals surface area contributed by atoms with Crippen LogP contribution in [0.3, 0.4) is 0 Å². The molecule has 0 radical (unpaired) electrons. The fourth-order valence-electron chi connectivity index (χ4n) is 9.89. The van der Waals surface area contributed by atoms with Crippen LogP contribution in [0.25, 0.3) is 22.3 Å². The van der Waals surface area contributed by atoms with Crippen LogP contribution in [0.2, 0.25) is 0 Å². The van der Waals surface area contributed by atoms with Crippen molar-refractivity contribution in [2.75, 3.05) is 0 Å². The summed E-state index contributed by atoms with van der Waals surface area (Å²) < 4.78 is 20.4. The molecule has 0 unspecified atom stereocenters. The van der Waals surface area contributed by atoms with E-state index in [1.54, 1.807) is 6.07 Å². The molecule has 25 heteroatoms. The van der Waals surface area contributed by atoms with E-state index < -0.39 is 0 Å². The molecular formula is C51H61FO2Rb22. The van der Waals surface area contributed by atoms with E-state index in [1.807, 2.05) is 48.5 Å². The normalized spacial score (nSPS) is 19.7. The van der Waals surface area contributed by atoms with Crippen molar-refractivity contribution in [3.8, 4) is 28.0 Å². The zero-order valence-corrected chi connectivity index (χ0v) is 163. The molecule has 4 aromatic rings. The fourth-order valence-corrected chi connectivity index (χ4v) is 9.89. The monoisotopic (exact) mass is 2590 g/mol. The van der Waals surface area contributed by atoms with E-state index in [0.29, 0.717) is 17.4 Å². The van der Waals surface area contributed by atoms with Gasteiger partial charge in [0.25, 0.3) is 0 Å². The van der Waals surface area contributed by atoms with Crippen molar-refractivity contribution in [1.82, 2.24) is 0 Å². The summed E-state index contributed by atoms with van der Waals surface area (Å²) in [6, 6.07) is 33.0. The van der Waals surface area contributed by atoms with Crippen molar-refractivity contribution in [3.05, 3.63) is 120 Å². The van der Waals surface area contributed by atoms with Gasteiger partial charge in [-0.25, -0.2) is 4.39 Å². The van der Waals surface area contributed by atoms with E-state index >= 15 is 0 Å². The number of carbonyl (C=O) groups excluding carboxylic acids is 1. The van der Waals surface area contributed by atoms with Gasteiger partial charge in [-0.1, -0.05) is 101 Å². The van der Waals surface area contributed by atoms with Gasteiger partial charge in [-0.15, -0.1) is 5.56 Å². The average Bonchev–Trinajstić information content (AvgIpc) is 3.51. The van der Waals surface area contributed by atoms with Crippen LogP contribution in [0.4, 0.5) is 4.39 Å². The first kappa shape index (κ1) is 123. The molecule has 0 amide bonds. The van der Waals surface area contributed by atoms with Gasteiger partial charge in [0.05, 0.1) is 5.92 Å². The van der Waals surface area contributed by atoms with Crippen molar-refractivity contribution in [2.24, 2.45) is 29.6 Å². The first-order valence-electron chi connectivity index (χ1n) is 31.4. The zero-order valence-electron chi connectivity index (χ0n) is 54.8. The number of rotatable bonds is 7. The standard InChI is InChI=1S/C26H37O2.C25H24F.22Rb/c1-19-7-9-21(10-8-19)22-11-13-24(14-12-22)26(27)28-25-17-15-23(16-18-25)20-5-3-2-4-6-20;1-18-7-9-19(10-8-18)20-11-13-21(14-12-20)23-15-16-24(25(26)17-23)22-5-3-2-4-6-22;;;;;;;;;;;;;;;;;;;;;;/h2,15-22,24H,3-14H2,1H3;3-6,11-19H,7-10H2,1H3;;;;;;;;;;;;;;;;;;;;;;/q2*-1;;;;;;;;;;;;;;;;;;;;;2*+1. The number of benzene rings is 4. The average molecular weight is 2610 g/mol. The van der Waals surface area contributed by atoms with Gasteiger partial charge < -0.3 is 11.2 Å². The van der Waals surface area contributed by atoms with Crippen LogP contribution in [0.5, 0.6) is 5.75 Å². The van der Waals surface area contributed by atoms with E-state index in [-0.39, 0.29) is 134 Å². The minimum atomic E-state index is -0.181. The molecule has 4 aliphatic rings. The van der Waals surface area contributed by atoms with Crippen LogP contribution in [0.15, 0.2) is 91.0 Å². The molecule has 4 aromatic carbocycles. The SMILES string of the molecule is CC1CCC(C2CCC(C(=O)Oc3ccc(C4CC[CH-]CC4)cc3)CC2)CC1.CC1CCC(c2ccc(-c3ccc(-c4cc[c-]cc4)c(F)c3)cc2)CC1.[Rb+].[Rb+].[Rb][Rb].[Rb][Rb].[Rb][Rb].[Rb][Rb].[Rb][Rb].[Rb][Rb].[Rb][Rb].[Rb][Rb].[Rb][Rb].[Rb][Rb]. The Morgan fingerprint density at radius 3 is 1.25 bits per heavy atom. The third kappa shape index (κ3) is 63.9. The number of halogens is 1.